The predicted octanol–water partition coefficient (Wildman–Crippen LogP) is -1.91. The summed E-state index contributed by atoms with van der Waals surface area (Å²) in [4.78, 5) is 29.8. The molecule has 9 nitrogen and oxygen atoms in total. The zero-order chi connectivity index (χ0) is 15.0. The van der Waals surface area contributed by atoms with Crippen LogP contribution in [0.5, 0.6) is 0 Å². The van der Waals surface area contributed by atoms with Gasteiger partial charge in [0.15, 0.2) is 12.2 Å². The van der Waals surface area contributed by atoms with Crippen LogP contribution in [0, 0.1) is 0 Å². The standard InChI is InChI=1S/C6H11NO2.C4H6O6/c8-6(9)5-3-1-2-4-7-5;5-1(3(7)8)2(6)4(9)10/h5,7H,1-4H2,(H,8,9);1-2,5-6H,(H,7,8)(H,9,10)/t5-;1-,2-/m11/s1. The van der Waals surface area contributed by atoms with Crippen molar-refractivity contribution in [1.29, 1.82) is 0 Å². The Morgan fingerprint density at radius 2 is 1.42 bits per heavy atom. The highest BCUT2D eigenvalue weighted by atomic mass is 16.4. The molecule has 0 amide bonds. The van der Waals surface area contributed by atoms with Gasteiger partial charge in [-0.3, -0.25) is 4.79 Å². The van der Waals surface area contributed by atoms with Crippen LogP contribution in [-0.2, 0) is 14.4 Å². The second kappa shape index (κ2) is 8.40. The molecule has 1 rings (SSSR count). The third-order valence-electron chi connectivity index (χ3n) is 2.41. The van der Waals surface area contributed by atoms with E-state index in [0.717, 1.165) is 25.8 Å². The number of carbonyl (C=O) groups is 3. The lowest BCUT2D eigenvalue weighted by Crippen LogP contribution is -2.40. The molecule has 1 fully saturated rings. The van der Waals surface area contributed by atoms with Crippen molar-refractivity contribution >= 4 is 17.9 Å². The van der Waals surface area contributed by atoms with Crippen LogP contribution in [-0.4, -0.2) is 68.2 Å². The zero-order valence-electron chi connectivity index (χ0n) is 10.0. The van der Waals surface area contributed by atoms with Crippen LogP contribution >= 0.6 is 0 Å². The number of aliphatic carboxylic acids is 3. The average molecular weight is 279 g/mol. The van der Waals surface area contributed by atoms with Gasteiger partial charge in [0.25, 0.3) is 0 Å². The lowest BCUT2D eigenvalue weighted by molar-refractivity contribution is -0.165. The number of aliphatic hydroxyl groups excluding tert-OH is 2. The molecule has 19 heavy (non-hydrogen) atoms. The van der Waals surface area contributed by atoms with E-state index in [0.29, 0.717) is 0 Å². The van der Waals surface area contributed by atoms with Crippen molar-refractivity contribution in [2.45, 2.75) is 37.5 Å². The molecule has 0 aromatic carbocycles. The maximum atomic E-state index is 10.3. The molecule has 0 unspecified atom stereocenters. The summed E-state index contributed by atoms with van der Waals surface area (Å²) in [6, 6.07) is -0.279. The number of piperidine rings is 1. The van der Waals surface area contributed by atoms with Crippen molar-refractivity contribution < 1.29 is 39.9 Å². The molecule has 1 aliphatic heterocycles. The quantitative estimate of drug-likeness (QED) is 0.344. The van der Waals surface area contributed by atoms with Crippen LogP contribution in [0.3, 0.4) is 0 Å². The van der Waals surface area contributed by atoms with Gasteiger partial charge in [0.1, 0.15) is 6.04 Å². The van der Waals surface area contributed by atoms with E-state index in [1.807, 2.05) is 0 Å². The summed E-state index contributed by atoms with van der Waals surface area (Å²) in [5.41, 5.74) is 0. The Kier molecular flexibility index (Phi) is 7.65. The van der Waals surface area contributed by atoms with E-state index in [1.165, 1.54) is 0 Å². The Bertz CT molecular complexity index is 307. The van der Waals surface area contributed by atoms with Gasteiger partial charge in [-0.15, -0.1) is 0 Å². The van der Waals surface area contributed by atoms with Crippen LogP contribution in [0.4, 0.5) is 0 Å². The second-order valence-corrected chi connectivity index (χ2v) is 3.91. The molecule has 1 heterocycles. The van der Waals surface area contributed by atoms with Gasteiger partial charge in [-0.05, 0) is 19.4 Å². The summed E-state index contributed by atoms with van der Waals surface area (Å²) in [6.07, 6.45) is -1.58. The normalized spacial score (nSPS) is 21.5. The Morgan fingerprint density at radius 1 is 0.947 bits per heavy atom. The minimum atomic E-state index is -2.27. The van der Waals surface area contributed by atoms with Gasteiger partial charge in [0.2, 0.25) is 0 Å². The minimum absolute atomic E-state index is 0.279. The van der Waals surface area contributed by atoms with Crippen molar-refractivity contribution in [3.8, 4) is 0 Å². The molecule has 0 radical (unpaired) electrons. The molecule has 1 aliphatic rings. The Morgan fingerprint density at radius 3 is 1.63 bits per heavy atom. The van der Waals surface area contributed by atoms with Crippen molar-refractivity contribution in [3.05, 3.63) is 0 Å². The molecule has 110 valence electrons. The largest absolute Gasteiger partial charge is 0.480 e. The van der Waals surface area contributed by atoms with E-state index >= 15 is 0 Å². The molecule has 3 atom stereocenters. The van der Waals surface area contributed by atoms with Crippen LogP contribution in [0.15, 0.2) is 0 Å². The Hall–Kier alpha value is -1.71. The van der Waals surface area contributed by atoms with Gasteiger partial charge in [-0.2, -0.15) is 0 Å². The Labute approximate surface area is 108 Å². The van der Waals surface area contributed by atoms with E-state index in [2.05, 4.69) is 5.32 Å². The first-order valence-corrected chi connectivity index (χ1v) is 5.55. The number of aliphatic hydroxyl groups is 2. The van der Waals surface area contributed by atoms with Gasteiger partial charge in [0.05, 0.1) is 0 Å². The molecule has 0 saturated carbocycles. The van der Waals surface area contributed by atoms with Crippen molar-refractivity contribution in [3.63, 3.8) is 0 Å². The molecule has 0 bridgehead atoms. The van der Waals surface area contributed by atoms with Crippen LogP contribution in [0.25, 0.3) is 0 Å². The summed E-state index contributed by atoms with van der Waals surface area (Å²) in [7, 11) is 0. The fourth-order valence-electron chi connectivity index (χ4n) is 1.33. The van der Waals surface area contributed by atoms with Gasteiger partial charge >= 0.3 is 17.9 Å². The van der Waals surface area contributed by atoms with Crippen LogP contribution in [0.2, 0.25) is 0 Å². The van der Waals surface area contributed by atoms with Gasteiger partial charge in [0, 0.05) is 0 Å². The topological polar surface area (TPSA) is 164 Å². The monoisotopic (exact) mass is 279 g/mol. The molecule has 1 saturated heterocycles. The molecule has 0 aliphatic carbocycles. The van der Waals surface area contributed by atoms with E-state index in [4.69, 9.17) is 25.5 Å². The van der Waals surface area contributed by atoms with Crippen molar-refractivity contribution in [2.75, 3.05) is 6.54 Å². The average Bonchev–Trinajstić information content (AvgIpc) is 2.38. The third-order valence-corrected chi connectivity index (χ3v) is 2.41. The van der Waals surface area contributed by atoms with Crippen LogP contribution < -0.4 is 5.32 Å². The molecule has 0 aromatic rings. The first-order chi connectivity index (χ1) is 8.77. The highest BCUT2D eigenvalue weighted by Crippen LogP contribution is 2.05. The number of hydrogen-bond acceptors (Lipinski definition) is 6. The Balaban J connectivity index is 0.000000342. The van der Waals surface area contributed by atoms with Crippen LogP contribution in [0.1, 0.15) is 19.3 Å². The summed E-state index contributed by atoms with van der Waals surface area (Å²) < 4.78 is 0. The van der Waals surface area contributed by atoms with E-state index in [9.17, 15) is 14.4 Å². The van der Waals surface area contributed by atoms with E-state index in [1.54, 1.807) is 0 Å². The highest BCUT2D eigenvalue weighted by molar-refractivity contribution is 5.83. The molecule has 0 spiro atoms. The van der Waals surface area contributed by atoms with E-state index < -0.39 is 30.1 Å². The number of nitrogens with one attached hydrogen (secondary N) is 1. The molecule has 9 heteroatoms. The molecular formula is C10H17NO8. The fourth-order valence-corrected chi connectivity index (χ4v) is 1.33. The highest BCUT2D eigenvalue weighted by Gasteiger charge is 2.29. The first-order valence-electron chi connectivity index (χ1n) is 5.55. The van der Waals surface area contributed by atoms with Gasteiger partial charge < -0.3 is 30.8 Å². The van der Waals surface area contributed by atoms with E-state index in [-0.39, 0.29) is 6.04 Å². The zero-order valence-corrected chi connectivity index (χ0v) is 10.0. The van der Waals surface area contributed by atoms with Crippen molar-refractivity contribution in [2.24, 2.45) is 0 Å². The number of rotatable bonds is 4. The summed E-state index contributed by atoms with van der Waals surface area (Å²) >= 11 is 0. The summed E-state index contributed by atoms with van der Waals surface area (Å²) in [6.45, 7) is 0.858. The van der Waals surface area contributed by atoms with Crippen molar-refractivity contribution in [1.82, 2.24) is 5.32 Å². The summed E-state index contributed by atoms with van der Waals surface area (Å²) in [5, 5.41) is 43.9. The fraction of sp³-hybridized carbons (Fsp3) is 0.700. The minimum Gasteiger partial charge on any atom is -0.480 e. The maximum Gasteiger partial charge on any atom is 0.335 e. The maximum absolute atomic E-state index is 10.3. The van der Waals surface area contributed by atoms with Gasteiger partial charge in [-0.1, -0.05) is 6.42 Å². The number of carboxylic acid groups (broad SMARTS) is 3. The predicted molar refractivity (Wildman–Crippen MR) is 60.6 cm³/mol. The third kappa shape index (κ3) is 6.70. The summed E-state index contributed by atoms with van der Waals surface area (Å²) in [5.74, 6) is -4.25. The molecular weight excluding hydrogens is 262 g/mol. The van der Waals surface area contributed by atoms with Gasteiger partial charge in [-0.25, -0.2) is 9.59 Å². The molecule has 6 N–H and O–H groups in total. The molecule has 0 aromatic heterocycles. The number of carboxylic acids is 3. The SMILES string of the molecule is O=C(O)[C@H](O)[C@@H](O)C(=O)O.O=C(O)[C@H]1CCCCN1. The lowest BCUT2D eigenvalue weighted by Gasteiger charge is -2.18. The second-order valence-electron chi connectivity index (χ2n) is 3.91. The smallest absolute Gasteiger partial charge is 0.335 e. The lowest BCUT2D eigenvalue weighted by atomic mass is 10.1. The first kappa shape index (κ1) is 17.3. The number of hydrogen-bond donors (Lipinski definition) is 6.